The van der Waals surface area contributed by atoms with E-state index >= 15 is 0 Å². The molecule has 0 bridgehead atoms. The third-order valence-electron chi connectivity index (χ3n) is 4.17. The van der Waals surface area contributed by atoms with Gasteiger partial charge in [-0.05, 0) is 25.1 Å². The van der Waals surface area contributed by atoms with Gasteiger partial charge in [-0.2, -0.15) is 0 Å². The van der Waals surface area contributed by atoms with Gasteiger partial charge < -0.3 is 10.1 Å². The predicted octanol–water partition coefficient (Wildman–Crippen LogP) is 3.89. The van der Waals surface area contributed by atoms with Crippen molar-refractivity contribution in [1.29, 1.82) is 0 Å². The molecule has 1 aliphatic heterocycles. The highest BCUT2D eigenvalue weighted by atomic mass is 32.1. The topological polar surface area (TPSA) is 67.4 Å². The second-order valence-electron chi connectivity index (χ2n) is 5.81. The van der Waals surface area contributed by atoms with E-state index in [-0.39, 0.29) is 6.09 Å². The normalized spacial score (nSPS) is 12.7. The van der Waals surface area contributed by atoms with Crippen molar-refractivity contribution >= 4 is 39.2 Å². The summed E-state index contributed by atoms with van der Waals surface area (Å²) in [5, 5.41) is 4.28. The lowest BCUT2D eigenvalue weighted by Crippen LogP contribution is -2.26. The van der Waals surface area contributed by atoms with Crippen molar-refractivity contribution in [3.8, 4) is 12.3 Å². The monoisotopic (exact) mass is 364 g/mol. The van der Waals surface area contributed by atoms with Gasteiger partial charge in [0.1, 0.15) is 17.0 Å². The van der Waals surface area contributed by atoms with Gasteiger partial charge in [0.2, 0.25) is 0 Å². The molecule has 3 heterocycles. The molecule has 3 aromatic rings. The molecule has 0 fully saturated rings. The molecule has 4 rings (SSSR count). The largest absolute Gasteiger partial charge is 0.450 e. The molecular weight excluding hydrogens is 348 g/mol. The molecule has 6 nitrogen and oxygen atoms in total. The second-order valence-corrected chi connectivity index (χ2v) is 6.89. The number of thiophene rings is 1. The molecule has 1 N–H and O–H groups in total. The fourth-order valence-corrected chi connectivity index (χ4v) is 4.18. The number of hydrogen-bond acceptors (Lipinski definition) is 6. The summed E-state index contributed by atoms with van der Waals surface area (Å²) in [5.74, 6) is 3.34. The summed E-state index contributed by atoms with van der Waals surface area (Å²) in [7, 11) is 0. The van der Waals surface area contributed by atoms with Gasteiger partial charge in [-0.25, -0.2) is 14.8 Å². The Morgan fingerprint density at radius 2 is 2.31 bits per heavy atom. The van der Waals surface area contributed by atoms with E-state index in [2.05, 4.69) is 21.2 Å². The van der Waals surface area contributed by atoms with Crippen LogP contribution in [0.25, 0.3) is 10.2 Å². The van der Waals surface area contributed by atoms with E-state index in [1.165, 1.54) is 0 Å². The Morgan fingerprint density at radius 1 is 1.42 bits per heavy atom. The number of rotatable bonds is 3. The SMILES string of the molecule is C#Cc1cccc(Nc2ncnc3sc4c(c23)CN(C(=O)OCC)C4)c1. The van der Waals surface area contributed by atoms with Crippen LogP contribution in [0.4, 0.5) is 16.3 Å². The standard InChI is InChI=1S/C19H16N4O2S/c1-3-12-6-5-7-13(8-12)22-17-16-14-9-23(19(24)25-4-2)10-15(14)26-18(16)21-11-20-17/h1,5-8,11H,4,9-10H2,2H3,(H,20,21,22). The number of carbonyl (C=O) groups excluding carboxylic acids is 1. The molecule has 2 aromatic heterocycles. The Hall–Kier alpha value is -3.11. The van der Waals surface area contributed by atoms with Gasteiger partial charge in [-0.15, -0.1) is 17.8 Å². The van der Waals surface area contributed by atoms with Crippen molar-refractivity contribution in [3.05, 3.63) is 46.6 Å². The predicted molar refractivity (Wildman–Crippen MR) is 101 cm³/mol. The van der Waals surface area contributed by atoms with Crippen LogP contribution in [0.15, 0.2) is 30.6 Å². The fourth-order valence-electron chi connectivity index (χ4n) is 3.01. The molecule has 0 atom stereocenters. The quantitative estimate of drug-likeness (QED) is 0.714. The van der Waals surface area contributed by atoms with E-state index in [0.717, 1.165) is 31.9 Å². The number of carbonyl (C=O) groups is 1. The molecule has 130 valence electrons. The Labute approximate surface area is 154 Å². The first-order valence-corrected chi connectivity index (χ1v) is 9.02. The number of aromatic nitrogens is 2. The molecule has 0 spiro atoms. The molecule has 0 unspecified atom stereocenters. The van der Waals surface area contributed by atoms with E-state index in [0.29, 0.717) is 25.5 Å². The van der Waals surface area contributed by atoms with E-state index in [1.807, 2.05) is 24.3 Å². The Balaban J connectivity index is 1.70. The van der Waals surface area contributed by atoms with Crippen molar-refractivity contribution in [2.24, 2.45) is 0 Å². The van der Waals surface area contributed by atoms with Gasteiger partial charge in [0.15, 0.2) is 0 Å². The van der Waals surface area contributed by atoms with E-state index in [1.54, 1.807) is 29.5 Å². The lowest BCUT2D eigenvalue weighted by atomic mass is 10.2. The van der Waals surface area contributed by atoms with Gasteiger partial charge >= 0.3 is 6.09 Å². The first kappa shape index (κ1) is 16.4. The van der Waals surface area contributed by atoms with Crippen LogP contribution in [0.1, 0.15) is 22.9 Å². The number of nitrogens with one attached hydrogen (secondary N) is 1. The van der Waals surface area contributed by atoms with E-state index < -0.39 is 0 Å². The van der Waals surface area contributed by atoms with Crippen molar-refractivity contribution in [2.45, 2.75) is 20.0 Å². The van der Waals surface area contributed by atoms with Crippen LogP contribution >= 0.6 is 11.3 Å². The van der Waals surface area contributed by atoms with Gasteiger partial charge in [-0.1, -0.05) is 12.0 Å². The minimum atomic E-state index is -0.294. The summed E-state index contributed by atoms with van der Waals surface area (Å²) in [6.45, 7) is 3.21. The molecule has 1 aliphatic rings. The number of benzene rings is 1. The molecule has 0 saturated carbocycles. The van der Waals surface area contributed by atoms with E-state index in [9.17, 15) is 4.79 Å². The minimum Gasteiger partial charge on any atom is -0.450 e. The number of anilines is 2. The average Bonchev–Trinajstić information content (AvgIpc) is 3.20. The third kappa shape index (κ3) is 2.85. The molecule has 1 aromatic carbocycles. The zero-order chi connectivity index (χ0) is 18.1. The van der Waals surface area contributed by atoms with Crippen LogP contribution in [-0.4, -0.2) is 27.6 Å². The molecule has 1 amide bonds. The van der Waals surface area contributed by atoms with Crippen molar-refractivity contribution in [3.63, 3.8) is 0 Å². The number of amides is 1. The van der Waals surface area contributed by atoms with Crippen molar-refractivity contribution < 1.29 is 9.53 Å². The minimum absolute atomic E-state index is 0.294. The van der Waals surface area contributed by atoms with Gasteiger partial charge in [-0.3, -0.25) is 4.90 Å². The number of nitrogens with zero attached hydrogens (tertiary/aromatic N) is 3. The Kier molecular flexibility index (Phi) is 4.19. The van der Waals surface area contributed by atoms with Crippen LogP contribution in [0, 0.1) is 12.3 Å². The molecule has 26 heavy (non-hydrogen) atoms. The zero-order valence-corrected chi connectivity index (χ0v) is 15.0. The summed E-state index contributed by atoms with van der Waals surface area (Å²) in [5.41, 5.74) is 2.74. The fraction of sp³-hybridized carbons (Fsp3) is 0.211. The number of fused-ring (bicyclic) bond motifs is 3. The van der Waals surface area contributed by atoms with Crippen LogP contribution < -0.4 is 5.32 Å². The molecule has 0 saturated heterocycles. The first-order valence-electron chi connectivity index (χ1n) is 8.20. The molecular formula is C19H16N4O2S. The summed E-state index contributed by atoms with van der Waals surface area (Å²) in [4.78, 5) is 24.6. The van der Waals surface area contributed by atoms with Gasteiger partial charge in [0, 0.05) is 21.7 Å². The van der Waals surface area contributed by atoms with Crippen LogP contribution in [0.2, 0.25) is 0 Å². The summed E-state index contributed by atoms with van der Waals surface area (Å²) in [6.07, 6.45) is 6.73. The summed E-state index contributed by atoms with van der Waals surface area (Å²) in [6, 6.07) is 7.61. The average molecular weight is 364 g/mol. The van der Waals surface area contributed by atoms with Gasteiger partial charge in [0.25, 0.3) is 0 Å². The lowest BCUT2D eigenvalue weighted by molar-refractivity contribution is 0.107. The van der Waals surface area contributed by atoms with Crippen LogP contribution in [0.3, 0.4) is 0 Å². The second kappa shape index (κ2) is 6.65. The van der Waals surface area contributed by atoms with Crippen LogP contribution in [-0.2, 0) is 17.8 Å². The van der Waals surface area contributed by atoms with Crippen molar-refractivity contribution in [2.75, 3.05) is 11.9 Å². The van der Waals surface area contributed by atoms with Crippen molar-refractivity contribution in [1.82, 2.24) is 14.9 Å². The smallest absolute Gasteiger partial charge is 0.410 e. The summed E-state index contributed by atoms with van der Waals surface area (Å²) < 4.78 is 5.12. The third-order valence-corrected chi connectivity index (χ3v) is 5.30. The Bertz CT molecular complexity index is 1040. The maximum Gasteiger partial charge on any atom is 0.410 e. The summed E-state index contributed by atoms with van der Waals surface area (Å²) >= 11 is 1.59. The number of hydrogen-bond donors (Lipinski definition) is 1. The molecule has 0 radical (unpaired) electrons. The highest BCUT2D eigenvalue weighted by Crippen LogP contribution is 2.40. The Morgan fingerprint density at radius 3 is 3.12 bits per heavy atom. The number of ether oxygens (including phenoxy) is 1. The lowest BCUT2D eigenvalue weighted by Gasteiger charge is -2.15. The molecule has 0 aliphatic carbocycles. The number of terminal acetylenes is 1. The first-order chi connectivity index (χ1) is 12.7. The molecule has 7 heteroatoms. The van der Waals surface area contributed by atoms with E-state index in [4.69, 9.17) is 11.2 Å². The highest BCUT2D eigenvalue weighted by Gasteiger charge is 2.30. The maximum absolute atomic E-state index is 12.0. The maximum atomic E-state index is 12.0. The van der Waals surface area contributed by atoms with Crippen LogP contribution in [0.5, 0.6) is 0 Å². The highest BCUT2D eigenvalue weighted by molar-refractivity contribution is 7.19. The zero-order valence-electron chi connectivity index (χ0n) is 14.2. The van der Waals surface area contributed by atoms with Gasteiger partial charge in [0.05, 0.1) is 25.1 Å².